The lowest BCUT2D eigenvalue weighted by molar-refractivity contribution is 0.276. The van der Waals surface area contributed by atoms with Crippen molar-refractivity contribution in [3.63, 3.8) is 0 Å². The number of aromatic nitrogens is 2. The Morgan fingerprint density at radius 1 is 1.67 bits per heavy atom. The summed E-state index contributed by atoms with van der Waals surface area (Å²) in [5, 5.41) is 9.12. The first-order valence-corrected chi connectivity index (χ1v) is 5.64. The molecule has 2 heterocycles. The van der Waals surface area contributed by atoms with Crippen molar-refractivity contribution in [2.45, 2.75) is 24.0 Å². The molecule has 0 amide bonds. The summed E-state index contributed by atoms with van der Waals surface area (Å²) in [6.07, 6.45) is 2.35. The average molecular weight is 228 g/mol. The van der Waals surface area contributed by atoms with Gasteiger partial charge in [-0.25, -0.2) is 4.79 Å². The number of aromatic amines is 1. The molecule has 82 valence electrons. The topological polar surface area (TPSA) is 75.1 Å². The van der Waals surface area contributed by atoms with Gasteiger partial charge < -0.3 is 5.11 Å². The molecule has 5 nitrogen and oxygen atoms in total. The number of nitrogens with one attached hydrogen (secondary N) is 1. The van der Waals surface area contributed by atoms with Gasteiger partial charge in [-0.15, -0.1) is 11.8 Å². The Kier molecular flexibility index (Phi) is 2.70. The normalized spacial score (nSPS) is 24.9. The summed E-state index contributed by atoms with van der Waals surface area (Å²) in [6.45, 7) is 1.81. The molecule has 1 aliphatic heterocycles. The van der Waals surface area contributed by atoms with Crippen molar-refractivity contribution in [1.29, 1.82) is 0 Å². The Bertz CT molecular complexity index is 473. The van der Waals surface area contributed by atoms with Gasteiger partial charge in [0, 0.05) is 17.0 Å². The molecule has 1 aromatic heterocycles. The zero-order valence-corrected chi connectivity index (χ0v) is 9.08. The van der Waals surface area contributed by atoms with Crippen molar-refractivity contribution < 1.29 is 5.11 Å². The minimum absolute atomic E-state index is 0.0465. The minimum Gasteiger partial charge on any atom is -0.395 e. The van der Waals surface area contributed by atoms with E-state index in [-0.39, 0.29) is 28.5 Å². The summed E-state index contributed by atoms with van der Waals surface area (Å²) in [7, 11) is 0. The molecule has 1 fully saturated rings. The molecule has 15 heavy (non-hydrogen) atoms. The van der Waals surface area contributed by atoms with Crippen molar-refractivity contribution in [3.05, 3.63) is 32.6 Å². The van der Waals surface area contributed by atoms with Crippen LogP contribution < -0.4 is 11.2 Å². The molecule has 0 bridgehead atoms. The monoisotopic (exact) mass is 228 g/mol. The van der Waals surface area contributed by atoms with E-state index in [9.17, 15) is 9.59 Å². The van der Waals surface area contributed by atoms with Crippen LogP contribution in [0.1, 0.15) is 17.4 Å². The van der Waals surface area contributed by atoms with Gasteiger partial charge >= 0.3 is 5.69 Å². The summed E-state index contributed by atoms with van der Waals surface area (Å²) in [5.74, 6) is 0. The molecular weight excluding hydrogens is 216 g/mol. The van der Waals surface area contributed by atoms with Crippen molar-refractivity contribution in [3.8, 4) is 0 Å². The maximum atomic E-state index is 11.5. The fourth-order valence-corrected chi connectivity index (χ4v) is 2.63. The number of aliphatic hydroxyl groups excluding tert-OH is 1. The summed E-state index contributed by atoms with van der Waals surface area (Å²) in [4.78, 5) is 24.8. The highest BCUT2D eigenvalue weighted by atomic mass is 32.2. The molecule has 2 atom stereocenters. The van der Waals surface area contributed by atoms with Gasteiger partial charge in [0.05, 0.1) is 12.0 Å². The summed E-state index contributed by atoms with van der Waals surface area (Å²) < 4.78 is 1.52. The Morgan fingerprint density at radius 3 is 2.93 bits per heavy atom. The molecular formula is C9H12N2O3S. The number of rotatable bonds is 2. The highest BCUT2D eigenvalue weighted by Gasteiger charge is 2.31. The Hall–Kier alpha value is -1.01. The molecule has 0 spiro atoms. The van der Waals surface area contributed by atoms with Crippen molar-refractivity contribution in [2.75, 3.05) is 6.61 Å². The second-order valence-corrected chi connectivity index (χ2v) is 5.09. The number of aliphatic hydroxyl groups is 1. The molecule has 1 saturated heterocycles. The third-order valence-electron chi connectivity index (χ3n) is 2.47. The van der Waals surface area contributed by atoms with Gasteiger partial charge in [-0.3, -0.25) is 14.3 Å². The van der Waals surface area contributed by atoms with Gasteiger partial charge in [-0.1, -0.05) is 0 Å². The largest absolute Gasteiger partial charge is 0.395 e. The lowest BCUT2D eigenvalue weighted by Crippen LogP contribution is -2.38. The maximum Gasteiger partial charge on any atom is 0.329 e. The van der Waals surface area contributed by atoms with Crippen LogP contribution in [0.25, 0.3) is 0 Å². The minimum atomic E-state index is -0.375. The van der Waals surface area contributed by atoms with Crippen LogP contribution in [-0.4, -0.2) is 26.5 Å². The third kappa shape index (κ3) is 1.87. The number of H-pyrrole nitrogens is 1. The lowest BCUT2D eigenvalue weighted by Gasteiger charge is -2.34. The second-order valence-electron chi connectivity index (χ2n) is 3.61. The molecule has 0 unspecified atom stereocenters. The van der Waals surface area contributed by atoms with Crippen LogP contribution >= 0.6 is 11.8 Å². The van der Waals surface area contributed by atoms with Crippen LogP contribution in [0.4, 0.5) is 0 Å². The first-order chi connectivity index (χ1) is 7.11. The number of thioether (sulfide) groups is 1. The predicted octanol–water partition coefficient (Wildman–Crippen LogP) is -0.159. The lowest BCUT2D eigenvalue weighted by atomic mass is 10.3. The zero-order valence-electron chi connectivity index (χ0n) is 8.27. The van der Waals surface area contributed by atoms with Crippen LogP contribution in [0.15, 0.2) is 15.8 Å². The van der Waals surface area contributed by atoms with E-state index in [4.69, 9.17) is 5.11 Å². The van der Waals surface area contributed by atoms with Gasteiger partial charge in [-0.05, 0) is 13.3 Å². The van der Waals surface area contributed by atoms with E-state index in [1.54, 1.807) is 24.9 Å². The number of hydrogen-bond donors (Lipinski definition) is 2. The van der Waals surface area contributed by atoms with Crippen LogP contribution in [0, 0.1) is 6.92 Å². The van der Waals surface area contributed by atoms with Crippen LogP contribution in [0.3, 0.4) is 0 Å². The fourth-order valence-electron chi connectivity index (χ4n) is 1.53. The number of nitrogens with zero attached hydrogens (tertiary/aromatic N) is 1. The van der Waals surface area contributed by atoms with Gasteiger partial charge in [0.1, 0.15) is 0 Å². The fraction of sp³-hybridized carbons (Fsp3) is 0.556. The Labute approximate surface area is 90.1 Å². The predicted molar refractivity (Wildman–Crippen MR) is 58.2 cm³/mol. The third-order valence-corrected chi connectivity index (χ3v) is 3.93. The van der Waals surface area contributed by atoms with E-state index in [1.807, 2.05) is 0 Å². The van der Waals surface area contributed by atoms with Gasteiger partial charge in [-0.2, -0.15) is 0 Å². The van der Waals surface area contributed by atoms with Crippen molar-refractivity contribution >= 4 is 11.8 Å². The standard InChI is InChI=1S/C9H12N2O3S/c1-5-3-11(9(14)10-8(5)13)7-2-6(4-12)15-7/h3,6-7,12H,2,4H2,1H3,(H,10,13,14)/t6-,7+/m0/s1. The van der Waals surface area contributed by atoms with E-state index >= 15 is 0 Å². The van der Waals surface area contributed by atoms with E-state index < -0.39 is 0 Å². The second kappa shape index (κ2) is 3.86. The maximum absolute atomic E-state index is 11.5. The SMILES string of the molecule is Cc1cn([C@H]2C[C@@H](CO)S2)c(=O)[nH]c1=O. The van der Waals surface area contributed by atoms with Gasteiger partial charge in [0.2, 0.25) is 0 Å². The van der Waals surface area contributed by atoms with Crippen LogP contribution in [0.5, 0.6) is 0 Å². The quantitative estimate of drug-likeness (QED) is 0.737. The van der Waals surface area contributed by atoms with Crippen molar-refractivity contribution in [2.24, 2.45) is 0 Å². The molecule has 1 aliphatic rings. The molecule has 0 aromatic carbocycles. The average Bonchev–Trinajstić information content (AvgIpc) is 2.12. The highest BCUT2D eigenvalue weighted by Crippen LogP contribution is 2.43. The molecule has 2 rings (SSSR count). The smallest absolute Gasteiger partial charge is 0.329 e. The Balaban J connectivity index is 2.27. The molecule has 6 heteroatoms. The summed E-state index contributed by atoms with van der Waals surface area (Å²) in [5.41, 5.74) is -0.179. The molecule has 0 radical (unpaired) electrons. The van der Waals surface area contributed by atoms with Crippen molar-refractivity contribution in [1.82, 2.24) is 9.55 Å². The molecule has 0 aliphatic carbocycles. The first kappa shape index (κ1) is 10.5. The summed E-state index contributed by atoms with van der Waals surface area (Å²) >= 11 is 1.55. The van der Waals surface area contributed by atoms with E-state index in [0.717, 1.165) is 6.42 Å². The van der Waals surface area contributed by atoms with Crippen LogP contribution in [0.2, 0.25) is 0 Å². The number of hydrogen-bond acceptors (Lipinski definition) is 4. The molecule has 1 aromatic rings. The molecule has 0 saturated carbocycles. The van der Waals surface area contributed by atoms with E-state index in [1.165, 1.54) is 4.57 Å². The zero-order chi connectivity index (χ0) is 11.0. The van der Waals surface area contributed by atoms with E-state index in [2.05, 4.69) is 4.98 Å². The van der Waals surface area contributed by atoms with E-state index in [0.29, 0.717) is 5.56 Å². The first-order valence-electron chi connectivity index (χ1n) is 4.70. The van der Waals surface area contributed by atoms with Crippen LogP contribution in [-0.2, 0) is 0 Å². The van der Waals surface area contributed by atoms with Gasteiger partial charge in [0.15, 0.2) is 0 Å². The summed E-state index contributed by atoms with van der Waals surface area (Å²) in [6, 6.07) is 0. The molecule has 2 N–H and O–H groups in total. The highest BCUT2D eigenvalue weighted by molar-refractivity contribution is 8.01. The Morgan fingerprint density at radius 2 is 2.33 bits per heavy atom. The van der Waals surface area contributed by atoms with Gasteiger partial charge in [0.25, 0.3) is 5.56 Å². The number of aryl methyl sites for hydroxylation is 1.